The van der Waals surface area contributed by atoms with Crippen molar-refractivity contribution in [1.82, 2.24) is 15.1 Å². The second-order valence-electron chi connectivity index (χ2n) is 4.68. The first kappa shape index (κ1) is 14.7. The summed E-state index contributed by atoms with van der Waals surface area (Å²) in [4.78, 5) is 24.1. The number of fused-ring (bicyclic) bond motifs is 1. The minimum absolute atomic E-state index is 0.114. The van der Waals surface area contributed by atoms with Crippen LogP contribution < -0.4 is 10.9 Å². The molecule has 0 saturated carbocycles. The number of carbonyl (C=O) groups excluding carboxylic acids is 1. The monoisotopic (exact) mass is 333 g/mol. The zero-order valence-electron chi connectivity index (χ0n) is 11.5. The maximum atomic E-state index is 12.2. The number of hydrogen-bond donors (Lipinski definition) is 1. The maximum Gasteiger partial charge on any atom is 0.285 e. The Balaban J connectivity index is 1.70. The van der Waals surface area contributed by atoms with E-state index in [0.717, 1.165) is 10.9 Å². The van der Waals surface area contributed by atoms with Gasteiger partial charge in [0.15, 0.2) is 0 Å². The fraction of sp³-hybridized carbons (Fsp3) is 0.133. The second kappa shape index (κ2) is 6.29. The SMILES string of the molecule is O=C(Cn1ncc2ccsc2c1=O)NCc1ccccc1Cl. The van der Waals surface area contributed by atoms with Crippen molar-refractivity contribution in [2.45, 2.75) is 13.1 Å². The molecule has 0 fully saturated rings. The number of rotatable bonds is 4. The van der Waals surface area contributed by atoms with Crippen molar-refractivity contribution in [3.8, 4) is 0 Å². The van der Waals surface area contributed by atoms with E-state index in [2.05, 4.69) is 10.4 Å². The Morgan fingerprint density at radius 3 is 2.95 bits per heavy atom. The number of nitrogens with one attached hydrogen (secondary N) is 1. The van der Waals surface area contributed by atoms with Crippen molar-refractivity contribution in [3.05, 3.63) is 62.8 Å². The Morgan fingerprint density at radius 2 is 2.14 bits per heavy atom. The summed E-state index contributed by atoms with van der Waals surface area (Å²) in [5.74, 6) is -0.287. The number of thiophene rings is 1. The van der Waals surface area contributed by atoms with E-state index in [1.54, 1.807) is 12.3 Å². The summed E-state index contributed by atoms with van der Waals surface area (Å²) in [6.45, 7) is 0.200. The Bertz CT molecular complexity index is 888. The lowest BCUT2D eigenvalue weighted by atomic mass is 10.2. The van der Waals surface area contributed by atoms with Crippen LogP contribution in [0.1, 0.15) is 5.56 Å². The number of aromatic nitrogens is 2. The Hall–Kier alpha value is -2.18. The van der Waals surface area contributed by atoms with Gasteiger partial charge in [-0.25, -0.2) is 4.68 Å². The van der Waals surface area contributed by atoms with E-state index >= 15 is 0 Å². The van der Waals surface area contributed by atoms with Gasteiger partial charge in [-0.05, 0) is 23.1 Å². The van der Waals surface area contributed by atoms with Crippen LogP contribution in [0.25, 0.3) is 10.1 Å². The van der Waals surface area contributed by atoms with Gasteiger partial charge in [0.05, 0.1) is 6.20 Å². The van der Waals surface area contributed by atoms with E-state index in [1.807, 2.05) is 29.6 Å². The summed E-state index contributed by atoms with van der Waals surface area (Å²) in [5, 5.41) is 9.97. The van der Waals surface area contributed by atoms with Crippen LogP contribution in [0, 0.1) is 0 Å². The fourth-order valence-corrected chi connectivity index (χ4v) is 3.05. The number of carbonyl (C=O) groups is 1. The lowest BCUT2D eigenvalue weighted by molar-refractivity contribution is -0.122. The molecule has 0 bridgehead atoms. The van der Waals surface area contributed by atoms with E-state index in [0.29, 0.717) is 16.3 Å². The van der Waals surface area contributed by atoms with Crippen molar-refractivity contribution in [1.29, 1.82) is 0 Å². The Labute approximate surface area is 135 Å². The Morgan fingerprint density at radius 1 is 1.32 bits per heavy atom. The third-order valence-corrected chi connectivity index (χ3v) is 4.47. The highest BCUT2D eigenvalue weighted by atomic mass is 35.5. The third-order valence-electron chi connectivity index (χ3n) is 3.19. The molecule has 0 saturated heterocycles. The van der Waals surface area contributed by atoms with E-state index in [4.69, 9.17) is 11.6 Å². The molecular formula is C15H12ClN3O2S. The van der Waals surface area contributed by atoms with E-state index in [-0.39, 0.29) is 18.0 Å². The normalized spacial score (nSPS) is 10.8. The van der Waals surface area contributed by atoms with Crippen molar-refractivity contribution in [2.75, 3.05) is 0 Å². The summed E-state index contributed by atoms with van der Waals surface area (Å²) in [5.41, 5.74) is 0.576. The molecule has 112 valence electrons. The van der Waals surface area contributed by atoms with E-state index in [1.165, 1.54) is 16.0 Å². The first-order valence-electron chi connectivity index (χ1n) is 6.58. The summed E-state index contributed by atoms with van der Waals surface area (Å²) in [7, 11) is 0. The quantitative estimate of drug-likeness (QED) is 0.797. The molecule has 0 unspecified atom stereocenters. The van der Waals surface area contributed by atoms with Gasteiger partial charge in [0, 0.05) is 17.0 Å². The predicted molar refractivity (Wildman–Crippen MR) is 87.2 cm³/mol. The molecule has 3 rings (SSSR count). The van der Waals surface area contributed by atoms with Crippen molar-refractivity contribution >= 4 is 38.9 Å². The average molecular weight is 334 g/mol. The molecule has 0 aliphatic heterocycles. The van der Waals surface area contributed by atoms with Crippen LogP contribution in [0.2, 0.25) is 5.02 Å². The number of benzene rings is 1. The topological polar surface area (TPSA) is 64.0 Å². The van der Waals surface area contributed by atoms with Gasteiger partial charge in [0.1, 0.15) is 11.2 Å². The summed E-state index contributed by atoms with van der Waals surface area (Å²) >= 11 is 7.37. The molecule has 2 aromatic heterocycles. The highest BCUT2D eigenvalue weighted by Gasteiger charge is 2.09. The van der Waals surface area contributed by atoms with Gasteiger partial charge in [-0.2, -0.15) is 5.10 Å². The van der Waals surface area contributed by atoms with Crippen molar-refractivity contribution < 1.29 is 4.79 Å². The molecule has 7 heteroatoms. The van der Waals surface area contributed by atoms with Crippen LogP contribution >= 0.6 is 22.9 Å². The van der Waals surface area contributed by atoms with Crippen LogP contribution in [0.5, 0.6) is 0 Å². The van der Waals surface area contributed by atoms with Gasteiger partial charge in [0.2, 0.25) is 5.91 Å². The van der Waals surface area contributed by atoms with Gasteiger partial charge in [-0.3, -0.25) is 9.59 Å². The number of amides is 1. The van der Waals surface area contributed by atoms with Crippen molar-refractivity contribution in [3.63, 3.8) is 0 Å². The maximum absolute atomic E-state index is 12.2. The molecule has 0 radical (unpaired) electrons. The first-order chi connectivity index (χ1) is 10.6. The van der Waals surface area contributed by atoms with Gasteiger partial charge in [-0.1, -0.05) is 29.8 Å². The van der Waals surface area contributed by atoms with E-state index in [9.17, 15) is 9.59 Å². The molecule has 0 aliphatic rings. The third kappa shape index (κ3) is 3.03. The summed E-state index contributed by atoms with van der Waals surface area (Å²) in [6.07, 6.45) is 1.59. The van der Waals surface area contributed by atoms with Crippen LogP contribution in [0.4, 0.5) is 0 Å². The highest BCUT2D eigenvalue weighted by molar-refractivity contribution is 7.17. The second-order valence-corrected chi connectivity index (χ2v) is 6.00. The highest BCUT2D eigenvalue weighted by Crippen LogP contribution is 2.15. The molecule has 0 spiro atoms. The molecule has 2 heterocycles. The average Bonchev–Trinajstić information content (AvgIpc) is 2.99. The minimum atomic E-state index is -0.287. The summed E-state index contributed by atoms with van der Waals surface area (Å²) < 4.78 is 1.77. The van der Waals surface area contributed by atoms with Crippen LogP contribution in [0.15, 0.2) is 46.7 Å². The number of hydrogen-bond acceptors (Lipinski definition) is 4. The molecule has 1 aromatic carbocycles. The summed E-state index contributed by atoms with van der Waals surface area (Å²) in [6, 6.07) is 9.11. The van der Waals surface area contributed by atoms with Crippen molar-refractivity contribution in [2.24, 2.45) is 0 Å². The molecule has 0 aliphatic carbocycles. The van der Waals surface area contributed by atoms with E-state index < -0.39 is 0 Å². The Kier molecular flexibility index (Phi) is 4.22. The van der Waals surface area contributed by atoms with Gasteiger partial charge >= 0.3 is 0 Å². The van der Waals surface area contributed by atoms with Crippen LogP contribution in [-0.2, 0) is 17.9 Å². The van der Waals surface area contributed by atoms with Gasteiger partial charge in [0.25, 0.3) is 5.56 Å². The molecule has 5 nitrogen and oxygen atoms in total. The lowest BCUT2D eigenvalue weighted by Crippen LogP contribution is -2.33. The van der Waals surface area contributed by atoms with Gasteiger partial charge in [-0.15, -0.1) is 11.3 Å². The zero-order valence-corrected chi connectivity index (χ0v) is 13.0. The lowest BCUT2D eigenvalue weighted by Gasteiger charge is -2.08. The zero-order chi connectivity index (χ0) is 15.5. The number of halogens is 1. The first-order valence-corrected chi connectivity index (χ1v) is 7.84. The molecular weight excluding hydrogens is 322 g/mol. The molecule has 22 heavy (non-hydrogen) atoms. The smallest absolute Gasteiger partial charge is 0.285 e. The molecule has 1 N–H and O–H groups in total. The van der Waals surface area contributed by atoms with Gasteiger partial charge < -0.3 is 5.32 Å². The fourth-order valence-electron chi connectivity index (χ4n) is 2.04. The molecule has 3 aromatic rings. The van der Waals surface area contributed by atoms with Crippen LogP contribution in [0.3, 0.4) is 0 Å². The van der Waals surface area contributed by atoms with Crippen LogP contribution in [-0.4, -0.2) is 15.7 Å². The molecule has 0 atom stereocenters. The molecule has 1 amide bonds. The number of nitrogens with zero attached hydrogens (tertiary/aromatic N) is 2. The standard InChI is InChI=1S/C15H12ClN3O2S/c16-12-4-2-1-3-10(12)7-17-13(20)9-19-15(21)14-11(8-18-19)5-6-22-14/h1-6,8H,7,9H2,(H,17,20). The largest absolute Gasteiger partial charge is 0.350 e. The predicted octanol–water partition coefficient (Wildman–Crippen LogP) is 2.43. The minimum Gasteiger partial charge on any atom is -0.350 e.